The second-order valence-corrected chi connectivity index (χ2v) is 11.3. The molecule has 0 aromatic heterocycles. The number of likely N-dealkylation sites (N-methyl/N-ethyl adjacent to an activating group) is 1. The Hall–Kier alpha value is -5.97. The predicted octanol–water partition coefficient (Wildman–Crippen LogP) is 5.61. The van der Waals surface area contributed by atoms with Crippen LogP contribution in [0.2, 0.25) is 0 Å². The summed E-state index contributed by atoms with van der Waals surface area (Å²) < 4.78 is 5.40. The van der Waals surface area contributed by atoms with Gasteiger partial charge >= 0.3 is 12.1 Å². The smallest absolute Gasteiger partial charge is 0.409 e. The molecule has 0 heterocycles. The molecule has 4 aromatic rings. The number of amides is 3. The molecule has 0 aliphatic heterocycles. The van der Waals surface area contributed by atoms with E-state index in [1.165, 1.54) is 23.1 Å². The lowest BCUT2D eigenvalue weighted by Crippen LogP contribution is -2.47. The molecular formula is C36H37N5O6. The van der Waals surface area contributed by atoms with E-state index in [2.05, 4.69) is 10.6 Å². The van der Waals surface area contributed by atoms with Crippen molar-refractivity contribution in [1.82, 2.24) is 10.2 Å². The van der Waals surface area contributed by atoms with Crippen LogP contribution in [0, 0.1) is 11.3 Å². The maximum atomic E-state index is 13.4. The summed E-state index contributed by atoms with van der Waals surface area (Å²) in [4.78, 5) is 53.1. The third-order valence-corrected chi connectivity index (χ3v) is 7.54. The number of rotatable bonds is 12. The van der Waals surface area contributed by atoms with Gasteiger partial charge in [-0.3, -0.25) is 15.0 Å². The molecule has 242 valence electrons. The van der Waals surface area contributed by atoms with Gasteiger partial charge in [-0.05, 0) is 65.1 Å². The normalized spacial score (nSPS) is 11.3. The van der Waals surface area contributed by atoms with Crippen molar-refractivity contribution in [2.24, 2.45) is 11.7 Å². The number of nitrogens with two attached hydrogens (primary N) is 1. The molecule has 4 aromatic carbocycles. The van der Waals surface area contributed by atoms with Crippen LogP contribution >= 0.6 is 0 Å². The van der Waals surface area contributed by atoms with Crippen molar-refractivity contribution in [3.8, 4) is 11.1 Å². The van der Waals surface area contributed by atoms with Crippen molar-refractivity contribution in [2.75, 3.05) is 18.9 Å². The molecule has 0 aliphatic carbocycles. The summed E-state index contributed by atoms with van der Waals surface area (Å²) in [7, 11) is 1.58. The van der Waals surface area contributed by atoms with Crippen molar-refractivity contribution in [3.05, 3.63) is 125 Å². The summed E-state index contributed by atoms with van der Waals surface area (Å²) in [5.74, 6) is -2.42. The number of nitrogens with zero attached hydrogens (tertiary/aromatic N) is 1. The first kappa shape index (κ1) is 33.9. The third kappa shape index (κ3) is 8.82. The Kier molecular flexibility index (Phi) is 11.1. The Morgan fingerprint density at radius 1 is 0.830 bits per heavy atom. The van der Waals surface area contributed by atoms with Crippen LogP contribution in [0.15, 0.2) is 97.1 Å². The number of nitrogens with one attached hydrogen (secondary N) is 3. The largest absolute Gasteiger partial charge is 0.478 e. The van der Waals surface area contributed by atoms with E-state index >= 15 is 0 Å². The van der Waals surface area contributed by atoms with Crippen LogP contribution < -0.4 is 16.4 Å². The number of carbonyl (C=O) groups excluding carboxylic acids is 3. The fourth-order valence-corrected chi connectivity index (χ4v) is 4.82. The quantitative estimate of drug-likeness (QED) is 0.0993. The minimum absolute atomic E-state index is 0.0643. The maximum Gasteiger partial charge on any atom is 0.409 e. The standard InChI is InChI=1S/C36H37N5O6/c1-22(2)31(20-41(3)36(46)47-21-23-9-5-4-6-10-23)40-33(42)25-15-18-28(30(19-25)35(44)45)27-11-7-8-12-29(27)34(43)39-26-16-13-24(14-17-26)32(37)38/h4-19,22,31H,20-21H2,1-3H3,(H3,37,38)(H,39,43)(H,40,42)(H,44,45). The highest BCUT2D eigenvalue weighted by Crippen LogP contribution is 2.29. The predicted molar refractivity (Wildman–Crippen MR) is 180 cm³/mol. The topological polar surface area (TPSA) is 175 Å². The summed E-state index contributed by atoms with van der Waals surface area (Å²) in [6, 6.07) is 26.1. The van der Waals surface area contributed by atoms with Crippen LogP contribution in [0.25, 0.3) is 11.1 Å². The van der Waals surface area contributed by atoms with Gasteiger partial charge in [-0.25, -0.2) is 9.59 Å². The summed E-state index contributed by atoms with van der Waals surface area (Å²) >= 11 is 0. The number of carboxylic acid groups (broad SMARTS) is 1. The van der Waals surface area contributed by atoms with Gasteiger partial charge in [0.25, 0.3) is 11.8 Å². The second kappa shape index (κ2) is 15.3. The lowest BCUT2D eigenvalue weighted by atomic mass is 9.93. The molecule has 0 radical (unpaired) electrons. The zero-order chi connectivity index (χ0) is 34.1. The molecule has 47 heavy (non-hydrogen) atoms. The number of hydrogen-bond donors (Lipinski definition) is 5. The third-order valence-electron chi connectivity index (χ3n) is 7.54. The van der Waals surface area contributed by atoms with E-state index in [9.17, 15) is 24.3 Å². The Morgan fingerprint density at radius 3 is 2.09 bits per heavy atom. The number of benzene rings is 4. The molecule has 1 unspecified atom stereocenters. The Balaban J connectivity index is 1.50. The van der Waals surface area contributed by atoms with Crippen LogP contribution in [0.5, 0.6) is 0 Å². The fraction of sp³-hybridized carbons (Fsp3) is 0.194. The number of carbonyl (C=O) groups is 4. The molecule has 11 heteroatoms. The molecule has 11 nitrogen and oxygen atoms in total. The molecule has 4 rings (SSSR count). The highest BCUT2D eigenvalue weighted by atomic mass is 16.6. The van der Waals surface area contributed by atoms with E-state index in [0.717, 1.165) is 5.56 Å². The van der Waals surface area contributed by atoms with Gasteiger partial charge in [-0.2, -0.15) is 0 Å². The average molecular weight is 636 g/mol. The number of nitrogen functional groups attached to an aromatic ring is 1. The molecule has 0 fully saturated rings. The summed E-state index contributed by atoms with van der Waals surface area (Å²) in [6.45, 7) is 4.09. The first-order chi connectivity index (χ1) is 22.4. The van der Waals surface area contributed by atoms with Crippen molar-refractivity contribution in [3.63, 3.8) is 0 Å². The molecular weight excluding hydrogens is 598 g/mol. The van der Waals surface area contributed by atoms with Gasteiger partial charge in [0, 0.05) is 42.0 Å². The molecule has 0 bridgehead atoms. The zero-order valence-corrected chi connectivity index (χ0v) is 26.3. The van der Waals surface area contributed by atoms with E-state index in [4.69, 9.17) is 15.9 Å². The van der Waals surface area contributed by atoms with E-state index in [1.807, 2.05) is 44.2 Å². The molecule has 0 aliphatic rings. The van der Waals surface area contributed by atoms with E-state index < -0.39 is 29.9 Å². The lowest BCUT2D eigenvalue weighted by molar-refractivity contribution is 0.0697. The van der Waals surface area contributed by atoms with Crippen LogP contribution in [0.1, 0.15) is 56.0 Å². The molecule has 0 saturated carbocycles. The average Bonchev–Trinajstić information content (AvgIpc) is 3.07. The van der Waals surface area contributed by atoms with Gasteiger partial charge in [0.1, 0.15) is 12.4 Å². The fourth-order valence-electron chi connectivity index (χ4n) is 4.82. The number of carboxylic acids is 1. The Bertz CT molecular complexity index is 1770. The van der Waals surface area contributed by atoms with Gasteiger partial charge < -0.3 is 31.1 Å². The SMILES string of the molecule is CC(C)C(CN(C)C(=O)OCc1ccccc1)NC(=O)c1ccc(-c2ccccc2C(=O)Nc2ccc(C(=N)N)cc2)c(C(=O)O)c1. The number of amidine groups is 1. The Labute approximate surface area is 272 Å². The second-order valence-electron chi connectivity index (χ2n) is 11.3. The monoisotopic (exact) mass is 635 g/mol. The van der Waals surface area contributed by atoms with Gasteiger partial charge in [0.05, 0.1) is 5.56 Å². The zero-order valence-electron chi connectivity index (χ0n) is 26.3. The summed E-state index contributed by atoms with van der Waals surface area (Å²) in [5, 5.41) is 23.4. The van der Waals surface area contributed by atoms with Crippen LogP contribution in [0.3, 0.4) is 0 Å². The van der Waals surface area contributed by atoms with Gasteiger partial charge in [0.15, 0.2) is 0 Å². The van der Waals surface area contributed by atoms with Crippen molar-refractivity contribution in [1.29, 1.82) is 5.41 Å². The van der Waals surface area contributed by atoms with E-state index in [1.54, 1.807) is 55.6 Å². The molecule has 0 saturated heterocycles. The first-order valence-corrected chi connectivity index (χ1v) is 14.9. The van der Waals surface area contributed by atoms with Crippen molar-refractivity contribution >= 4 is 35.4 Å². The molecule has 3 amide bonds. The number of hydrogen-bond acceptors (Lipinski definition) is 6. The summed E-state index contributed by atoms with van der Waals surface area (Å²) in [6.07, 6.45) is -0.540. The van der Waals surface area contributed by atoms with E-state index in [0.29, 0.717) is 16.8 Å². The number of aromatic carboxylic acids is 1. The van der Waals surface area contributed by atoms with Crippen molar-refractivity contribution < 1.29 is 29.0 Å². The van der Waals surface area contributed by atoms with Gasteiger partial charge in [-0.1, -0.05) is 68.4 Å². The van der Waals surface area contributed by atoms with Crippen LogP contribution in [-0.2, 0) is 11.3 Å². The molecule has 1 atom stereocenters. The summed E-state index contributed by atoms with van der Waals surface area (Å²) in [5.41, 5.74) is 8.13. The highest BCUT2D eigenvalue weighted by Gasteiger charge is 2.24. The molecule has 6 N–H and O–H groups in total. The van der Waals surface area contributed by atoms with Crippen LogP contribution in [0.4, 0.5) is 10.5 Å². The van der Waals surface area contributed by atoms with Crippen molar-refractivity contribution in [2.45, 2.75) is 26.5 Å². The van der Waals surface area contributed by atoms with E-state index in [-0.39, 0.29) is 47.2 Å². The van der Waals surface area contributed by atoms with Gasteiger partial charge in [-0.15, -0.1) is 0 Å². The maximum absolute atomic E-state index is 13.4. The number of ether oxygens (including phenoxy) is 1. The molecule has 0 spiro atoms. The number of anilines is 1. The van der Waals surface area contributed by atoms with Crippen LogP contribution in [-0.4, -0.2) is 59.4 Å². The first-order valence-electron chi connectivity index (χ1n) is 14.9. The highest BCUT2D eigenvalue weighted by molar-refractivity contribution is 6.11. The minimum atomic E-state index is -1.27. The lowest BCUT2D eigenvalue weighted by Gasteiger charge is -2.27. The van der Waals surface area contributed by atoms with Gasteiger partial charge in [0.2, 0.25) is 0 Å². The minimum Gasteiger partial charge on any atom is -0.478 e. The Morgan fingerprint density at radius 2 is 1.45 bits per heavy atom.